The Bertz CT molecular complexity index is 520. The quantitative estimate of drug-likeness (QED) is 0.622. The molecule has 1 aromatic rings. The Morgan fingerprint density at radius 3 is 2.67 bits per heavy atom. The van der Waals surface area contributed by atoms with E-state index in [2.05, 4.69) is 0 Å². The van der Waals surface area contributed by atoms with Crippen molar-refractivity contribution < 1.29 is 4.79 Å². The van der Waals surface area contributed by atoms with Gasteiger partial charge in [0, 0.05) is 6.54 Å². The van der Waals surface area contributed by atoms with Crippen LogP contribution in [0.1, 0.15) is 12.5 Å². The molecule has 0 radical (unpaired) electrons. The first-order chi connectivity index (χ1) is 8.72. The molecule has 4 heteroatoms. The summed E-state index contributed by atoms with van der Waals surface area (Å²) in [5, 5.41) is 0. The number of likely N-dealkylation sites (N-methyl/N-ethyl adjacent to an activating group) is 1. The van der Waals surface area contributed by atoms with Crippen molar-refractivity contribution in [2.45, 2.75) is 6.92 Å². The van der Waals surface area contributed by atoms with Crippen LogP contribution in [0.2, 0.25) is 0 Å². The van der Waals surface area contributed by atoms with E-state index >= 15 is 0 Å². The molecule has 1 amide bonds. The Labute approximate surface area is 116 Å². The normalized spacial score (nSPS) is 18.3. The van der Waals surface area contributed by atoms with Crippen molar-refractivity contribution >= 4 is 40.3 Å². The van der Waals surface area contributed by atoms with Crippen molar-refractivity contribution in [1.82, 2.24) is 4.90 Å². The number of rotatable bonds is 3. The number of benzene rings is 1. The summed E-state index contributed by atoms with van der Waals surface area (Å²) in [6, 6.07) is 9.97. The van der Waals surface area contributed by atoms with Crippen LogP contribution < -0.4 is 0 Å². The summed E-state index contributed by atoms with van der Waals surface area (Å²) in [6.07, 6.45) is 5.68. The topological polar surface area (TPSA) is 20.3 Å². The van der Waals surface area contributed by atoms with Gasteiger partial charge in [-0.15, -0.1) is 0 Å². The predicted molar refractivity (Wildman–Crippen MR) is 81.1 cm³/mol. The van der Waals surface area contributed by atoms with Crippen LogP contribution in [0, 0.1) is 0 Å². The third kappa shape index (κ3) is 2.89. The van der Waals surface area contributed by atoms with E-state index in [0.717, 1.165) is 5.56 Å². The molecule has 1 fully saturated rings. The number of thioether (sulfide) groups is 1. The smallest absolute Gasteiger partial charge is 0.266 e. The van der Waals surface area contributed by atoms with Crippen LogP contribution in [0.4, 0.5) is 0 Å². The second-order valence-corrected chi connectivity index (χ2v) is 5.39. The number of allylic oxidation sites excluding steroid dienone is 2. The first-order valence-corrected chi connectivity index (χ1v) is 6.92. The van der Waals surface area contributed by atoms with Gasteiger partial charge in [-0.1, -0.05) is 66.5 Å². The van der Waals surface area contributed by atoms with Crippen molar-refractivity contribution in [2.75, 3.05) is 6.54 Å². The summed E-state index contributed by atoms with van der Waals surface area (Å²) in [6.45, 7) is 2.55. The van der Waals surface area contributed by atoms with Crippen molar-refractivity contribution in [2.24, 2.45) is 0 Å². The Balaban J connectivity index is 2.09. The average Bonchev–Trinajstić information content (AvgIpc) is 2.65. The highest BCUT2D eigenvalue weighted by atomic mass is 32.2. The lowest BCUT2D eigenvalue weighted by Gasteiger charge is -2.09. The number of thiocarbonyl (C=S) groups is 1. The van der Waals surface area contributed by atoms with E-state index in [-0.39, 0.29) is 5.91 Å². The molecular weight excluding hydrogens is 262 g/mol. The standard InChI is InChI=1S/C14H13NOS2/c1-2-15-13(16)12(18-14(15)17)10-6-9-11-7-4-3-5-8-11/h3-10H,2H2,1H3/b9-6+,12-10?. The zero-order valence-electron chi connectivity index (χ0n) is 10.00. The maximum absolute atomic E-state index is 11.9. The molecule has 0 aliphatic carbocycles. The first kappa shape index (κ1) is 13.1. The molecule has 0 spiro atoms. The first-order valence-electron chi connectivity index (χ1n) is 5.69. The molecule has 1 aliphatic heterocycles. The van der Waals surface area contributed by atoms with Crippen LogP contribution in [0.15, 0.2) is 47.4 Å². The van der Waals surface area contributed by atoms with E-state index in [9.17, 15) is 4.79 Å². The zero-order chi connectivity index (χ0) is 13.0. The van der Waals surface area contributed by atoms with Crippen molar-refractivity contribution in [3.05, 3.63) is 53.0 Å². The molecular formula is C14H13NOS2. The molecule has 0 unspecified atom stereocenters. The van der Waals surface area contributed by atoms with Gasteiger partial charge in [0.2, 0.25) is 0 Å². The lowest BCUT2D eigenvalue weighted by Crippen LogP contribution is -2.27. The maximum atomic E-state index is 11.9. The Morgan fingerprint density at radius 1 is 1.33 bits per heavy atom. The molecule has 0 N–H and O–H groups in total. The molecule has 0 atom stereocenters. The van der Waals surface area contributed by atoms with E-state index in [0.29, 0.717) is 15.8 Å². The van der Waals surface area contributed by atoms with Gasteiger partial charge in [0.15, 0.2) is 0 Å². The number of hydrogen-bond acceptors (Lipinski definition) is 3. The van der Waals surface area contributed by atoms with Gasteiger partial charge >= 0.3 is 0 Å². The fraction of sp³-hybridized carbons (Fsp3) is 0.143. The molecule has 0 saturated carbocycles. The van der Waals surface area contributed by atoms with Crippen LogP contribution in [-0.4, -0.2) is 21.7 Å². The number of nitrogens with zero attached hydrogens (tertiary/aromatic N) is 1. The fourth-order valence-electron chi connectivity index (χ4n) is 1.60. The summed E-state index contributed by atoms with van der Waals surface area (Å²) in [5.74, 6) is 0.00483. The zero-order valence-corrected chi connectivity index (χ0v) is 11.6. The largest absolute Gasteiger partial charge is 0.293 e. The number of amides is 1. The minimum Gasteiger partial charge on any atom is -0.293 e. The minimum atomic E-state index is 0.00483. The Morgan fingerprint density at radius 2 is 2.06 bits per heavy atom. The molecule has 1 aromatic carbocycles. The van der Waals surface area contributed by atoms with Gasteiger partial charge in [0.05, 0.1) is 4.91 Å². The van der Waals surface area contributed by atoms with E-state index < -0.39 is 0 Å². The molecule has 1 aliphatic rings. The number of carbonyl (C=O) groups excluding carboxylic acids is 1. The van der Waals surface area contributed by atoms with Crippen molar-refractivity contribution in [3.8, 4) is 0 Å². The van der Waals surface area contributed by atoms with Gasteiger partial charge in [-0.25, -0.2) is 0 Å². The van der Waals surface area contributed by atoms with E-state index in [1.54, 1.807) is 4.90 Å². The van der Waals surface area contributed by atoms with Gasteiger partial charge in [0.25, 0.3) is 5.91 Å². The van der Waals surface area contributed by atoms with E-state index in [1.807, 2.05) is 55.5 Å². The number of carbonyl (C=O) groups is 1. The van der Waals surface area contributed by atoms with E-state index in [4.69, 9.17) is 12.2 Å². The summed E-state index contributed by atoms with van der Waals surface area (Å²) >= 11 is 6.50. The van der Waals surface area contributed by atoms with Crippen molar-refractivity contribution in [3.63, 3.8) is 0 Å². The van der Waals surface area contributed by atoms with Crippen LogP contribution in [-0.2, 0) is 4.79 Å². The van der Waals surface area contributed by atoms with E-state index in [1.165, 1.54) is 11.8 Å². The van der Waals surface area contributed by atoms with Gasteiger partial charge in [-0.3, -0.25) is 9.69 Å². The monoisotopic (exact) mass is 275 g/mol. The predicted octanol–water partition coefficient (Wildman–Crippen LogP) is 3.46. The Kier molecular flexibility index (Phi) is 4.33. The molecule has 18 heavy (non-hydrogen) atoms. The third-order valence-corrected chi connectivity index (χ3v) is 3.92. The summed E-state index contributed by atoms with van der Waals surface area (Å²) < 4.78 is 0.641. The molecule has 1 heterocycles. The summed E-state index contributed by atoms with van der Waals surface area (Å²) in [7, 11) is 0. The fourth-order valence-corrected chi connectivity index (χ4v) is 2.93. The van der Waals surface area contributed by atoms with Gasteiger partial charge < -0.3 is 0 Å². The lowest BCUT2D eigenvalue weighted by molar-refractivity contribution is -0.122. The maximum Gasteiger partial charge on any atom is 0.266 e. The average molecular weight is 275 g/mol. The SMILES string of the molecule is CCN1C(=O)C(=C/C=C/c2ccccc2)SC1=S. The minimum absolute atomic E-state index is 0.00483. The second-order valence-electron chi connectivity index (χ2n) is 3.72. The third-order valence-electron chi connectivity index (χ3n) is 2.53. The summed E-state index contributed by atoms with van der Waals surface area (Å²) in [5.41, 5.74) is 1.11. The van der Waals surface area contributed by atoms with Crippen LogP contribution in [0.3, 0.4) is 0 Å². The van der Waals surface area contributed by atoms with Crippen LogP contribution in [0.5, 0.6) is 0 Å². The highest BCUT2D eigenvalue weighted by Gasteiger charge is 2.29. The second kappa shape index (κ2) is 5.98. The number of hydrogen-bond donors (Lipinski definition) is 0. The highest BCUT2D eigenvalue weighted by molar-refractivity contribution is 8.26. The lowest BCUT2D eigenvalue weighted by atomic mass is 10.2. The van der Waals surface area contributed by atoms with Gasteiger partial charge in [-0.2, -0.15) is 0 Å². The highest BCUT2D eigenvalue weighted by Crippen LogP contribution is 2.30. The molecule has 2 rings (SSSR count). The Hall–Kier alpha value is -1.39. The molecule has 0 bridgehead atoms. The molecule has 0 aromatic heterocycles. The van der Waals surface area contributed by atoms with Crippen LogP contribution >= 0.6 is 24.0 Å². The van der Waals surface area contributed by atoms with Crippen LogP contribution in [0.25, 0.3) is 6.08 Å². The molecule has 92 valence electrons. The molecule has 2 nitrogen and oxygen atoms in total. The summed E-state index contributed by atoms with van der Waals surface area (Å²) in [4.78, 5) is 14.2. The molecule has 1 saturated heterocycles. The van der Waals surface area contributed by atoms with Crippen molar-refractivity contribution in [1.29, 1.82) is 0 Å². The van der Waals surface area contributed by atoms with Gasteiger partial charge in [0.1, 0.15) is 4.32 Å². The van der Waals surface area contributed by atoms with Gasteiger partial charge in [-0.05, 0) is 18.6 Å².